The molecule has 33 heavy (non-hydrogen) atoms. The van der Waals surface area contributed by atoms with Gasteiger partial charge in [0.2, 0.25) is 0 Å². The van der Waals surface area contributed by atoms with Crippen molar-refractivity contribution in [2.24, 2.45) is 35.0 Å². The lowest BCUT2D eigenvalue weighted by Crippen LogP contribution is -2.54. The maximum absolute atomic E-state index is 16.6. The third kappa shape index (κ3) is 4.33. The standard InChI is InChI=1S/C29H39F2NO/c1-4-6-22-8-10-23-24-11-9-21(14-17-33-27-12-7-20(19-32)18-26(27)30)28(24,3)16-13-25(23)29(22,31)15-5-2/h4,6-7,12,18,21-25H,5,8-11,13-17H2,1-3H3/b6-4+/t21-,22+,23+,24?,25?,28-,29-/m1/s1. The van der Waals surface area contributed by atoms with Crippen molar-refractivity contribution >= 4 is 0 Å². The van der Waals surface area contributed by atoms with Gasteiger partial charge in [0, 0.05) is 5.92 Å². The molecule has 3 aliphatic rings. The summed E-state index contributed by atoms with van der Waals surface area (Å²) < 4.78 is 36.6. The molecule has 0 heterocycles. The molecule has 3 fully saturated rings. The number of allylic oxidation sites excluding steroid dienone is 2. The molecule has 1 aromatic rings. The Morgan fingerprint density at radius 2 is 2.00 bits per heavy atom. The van der Waals surface area contributed by atoms with Crippen molar-refractivity contribution in [1.29, 1.82) is 5.26 Å². The third-order valence-corrected chi connectivity index (χ3v) is 9.52. The lowest BCUT2D eigenvalue weighted by atomic mass is 9.50. The predicted octanol–water partition coefficient (Wildman–Crippen LogP) is 8.02. The molecule has 0 amide bonds. The first-order valence-corrected chi connectivity index (χ1v) is 13.0. The van der Waals surface area contributed by atoms with Crippen LogP contribution in [0.15, 0.2) is 30.4 Å². The third-order valence-electron chi connectivity index (χ3n) is 9.52. The van der Waals surface area contributed by atoms with Crippen LogP contribution >= 0.6 is 0 Å². The number of nitrogens with zero attached hydrogens (tertiary/aromatic N) is 1. The van der Waals surface area contributed by atoms with E-state index < -0.39 is 11.5 Å². The van der Waals surface area contributed by atoms with Gasteiger partial charge < -0.3 is 4.74 Å². The quantitative estimate of drug-likeness (QED) is 0.390. The van der Waals surface area contributed by atoms with Gasteiger partial charge in [-0.25, -0.2) is 8.78 Å². The van der Waals surface area contributed by atoms with Crippen molar-refractivity contribution in [3.05, 3.63) is 41.7 Å². The van der Waals surface area contributed by atoms with Crippen LogP contribution in [0.4, 0.5) is 8.78 Å². The van der Waals surface area contributed by atoms with E-state index in [2.05, 4.69) is 19.9 Å². The highest BCUT2D eigenvalue weighted by Crippen LogP contribution is 2.65. The number of hydrogen-bond acceptors (Lipinski definition) is 2. The zero-order chi connectivity index (χ0) is 23.6. The Bertz CT molecular complexity index is 907. The SMILES string of the molecule is C/C=C/[C@H]1CC[C@H]2C3CC[C@H](CCOc4ccc(C#N)cc4F)[C@@]3(C)CCC2[C@@]1(F)CCC. The number of halogens is 2. The van der Waals surface area contributed by atoms with Crippen LogP contribution in [0.1, 0.15) is 84.1 Å². The monoisotopic (exact) mass is 455 g/mol. The Hall–Kier alpha value is -1.89. The number of alkyl halides is 1. The number of benzene rings is 1. The van der Waals surface area contributed by atoms with Gasteiger partial charge >= 0.3 is 0 Å². The lowest BCUT2D eigenvalue weighted by molar-refractivity contribution is -0.112. The molecular formula is C29H39F2NO. The van der Waals surface area contributed by atoms with Crippen LogP contribution in [0, 0.1) is 52.2 Å². The van der Waals surface area contributed by atoms with Gasteiger partial charge in [-0.3, -0.25) is 0 Å². The first-order chi connectivity index (χ1) is 15.9. The highest BCUT2D eigenvalue weighted by atomic mass is 19.1. The summed E-state index contributed by atoms with van der Waals surface area (Å²) in [5.41, 5.74) is -0.521. The summed E-state index contributed by atoms with van der Waals surface area (Å²) in [6.07, 6.45) is 13.2. The molecule has 180 valence electrons. The summed E-state index contributed by atoms with van der Waals surface area (Å²) in [5, 5.41) is 8.91. The van der Waals surface area contributed by atoms with E-state index in [4.69, 9.17) is 10.00 Å². The Balaban J connectivity index is 1.43. The molecule has 2 nitrogen and oxygen atoms in total. The van der Waals surface area contributed by atoms with Crippen LogP contribution in [-0.4, -0.2) is 12.3 Å². The second kappa shape index (κ2) is 9.77. The van der Waals surface area contributed by atoms with Crippen LogP contribution in [0.2, 0.25) is 0 Å². The molecule has 1 aromatic carbocycles. The van der Waals surface area contributed by atoms with Gasteiger partial charge in [0.15, 0.2) is 11.6 Å². The Kier molecular flexibility index (Phi) is 7.18. The molecule has 0 saturated heterocycles. The molecule has 4 heteroatoms. The molecular weight excluding hydrogens is 416 g/mol. The molecule has 2 unspecified atom stereocenters. The number of rotatable bonds is 7. The molecule has 0 bridgehead atoms. The van der Waals surface area contributed by atoms with Crippen LogP contribution in [0.3, 0.4) is 0 Å². The molecule has 0 spiro atoms. The molecule has 0 radical (unpaired) electrons. The van der Waals surface area contributed by atoms with Crippen molar-refractivity contribution in [2.75, 3.05) is 6.61 Å². The van der Waals surface area contributed by atoms with Crippen molar-refractivity contribution in [3.63, 3.8) is 0 Å². The van der Waals surface area contributed by atoms with E-state index in [1.54, 1.807) is 12.1 Å². The highest BCUT2D eigenvalue weighted by Gasteiger charge is 2.60. The topological polar surface area (TPSA) is 33.0 Å². The summed E-state index contributed by atoms with van der Waals surface area (Å²) in [6, 6.07) is 6.33. The van der Waals surface area contributed by atoms with E-state index in [9.17, 15) is 4.39 Å². The van der Waals surface area contributed by atoms with Crippen LogP contribution in [-0.2, 0) is 0 Å². The van der Waals surface area contributed by atoms with Gasteiger partial charge in [-0.05, 0) is 106 Å². The average Bonchev–Trinajstić information content (AvgIpc) is 3.13. The van der Waals surface area contributed by atoms with E-state index in [1.165, 1.54) is 12.5 Å². The number of hydrogen-bond donors (Lipinski definition) is 0. The van der Waals surface area contributed by atoms with Gasteiger partial charge in [-0.1, -0.05) is 32.4 Å². The molecule has 4 rings (SSSR count). The first kappa shape index (κ1) is 24.2. The summed E-state index contributed by atoms with van der Waals surface area (Å²) in [6.45, 7) is 7.05. The predicted molar refractivity (Wildman–Crippen MR) is 128 cm³/mol. The largest absolute Gasteiger partial charge is 0.491 e. The minimum Gasteiger partial charge on any atom is -0.491 e. The summed E-state index contributed by atoms with van der Waals surface area (Å²) in [5.74, 6) is 1.63. The normalized spacial score (nSPS) is 38.0. The smallest absolute Gasteiger partial charge is 0.166 e. The molecule has 7 atom stereocenters. The van der Waals surface area contributed by atoms with Crippen LogP contribution in [0.5, 0.6) is 5.75 Å². The fourth-order valence-corrected chi connectivity index (χ4v) is 8.00. The van der Waals surface area contributed by atoms with Gasteiger partial charge in [-0.15, -0.1) is 0 Å². The zero-order valence-corrected chi connectivity index (χ0v) is 20.5. The Morgan fingerprint density at radius 3 is 2.70 bits per heavy atom. The van der Waals surface area contributed by atoms with Crippen LogP contribution < -0.4 is 4.74 Å². The van der Waals surface area contributed by atoms with E-state index in [-0.39, 0.29) is 23.0 Å². The fraction of sp³-hybridized carbons (Fsp3) is 0.690. The minimum atomic E-state index is -1.06. The second-order valence-corrected chi connectivity index (χ2v) is 11.0. The van der Waals surface area contributed by atoms with E-state index in [0.717, 1.165) is 44.9 Å². The van der Waals surface area contributed by atoms with E-state index >= 15 is 4.39 Å². The van der Waals surface area contributed by atoms with Crippen LogP contribution in [0.25, 0.3) is 0 Å². The molecule has 0 aliphatic heterocycles. The molecule has 3 saturated carbocycles. The Morgan fingerprint density at radius 1 is 1.18 bits per heavy atom. The van der Waals surface area contributed by atoms with Gasteiger partial charge in [-0.2, -0.15) is 5.26 Å². The molecule has 3 aliphatic carbocycles. The van der Waals surface area contributed by atoms with Crippen molar-refractivity contribution < 1.29 is 13.5 Å². The minimum absolute atomic E-state index is 0.0703. The van der Waals surface area contributed by atoms with Crippen molar-refractivity contribution in [2.45, 2.75) is 84.2 Å². The number of fused-ring (bicyclic) bond motifs is 3. The fourth-order valence-electron chi connectivity index (χ4n) is 8.00. The van der Waals surface area contributed by atoms with Crippen molar-refractivity contribution in [3.8, 4) is 11.8 Å². The van der Waals surface area contributed by atoms with E-state index in [0.29, 0.717) is 36.3 Å². The molecule has 0 aromatic heterocycles. The zero-order valence-electron chi connectivity index (χ0n) is 20.5. The van der Waals surface area contributed by atoms with Gasteiger partial charge in [0.1, 0.15) is 5.67 Å². The van der Waals surface area contributed by atoms with Gasteiger partial charge in [0.05, 0.1) is 18.2 Å². The summed E-state index contributed by atoms with van der Waals surface area (Å²) >= 11 is 0. The summed E-state index contributed by atoms with van der Waals surface area (Å²) in [7, 11) is 0. The number of ether oxygens (including phenoxy) is 1. The maximum Gasteiger partial charge on any atom is 0.166 e. The Labute approximate surface area is 198 Å². The summed E-state index contributed by atoms with van der Waals surface area (Å²) in [4.78, 5) is 0. The van der Waals surface area contributed by atoms with Crippen molar-refractivity contribution in [1.82, 2.24) is 0 Å². The molecule has 0 N–H and O–H groups in total. The average molecular weight is 456 g/mol. The second-order valence-electron chi connectivity index (χ2n) is 11.0. The number of nitriles is 1. The highest BCUT2D eigenvalue weighted by molar-refractivity contribution is 5.36. The first-order valence-electron chi connectivity index (χ1n) is 13.0. The maximum atomic E-state index is 16.6. The van der Waals surface area contributed by atoms with Gasteiger partial charge in [0.25, 0.3) is 0 Å². The van der Waals surface area contributed by atoms with E-state index in [1.807, 2.05) is 19.1 Å². The lowest BCUT2D eigenvalue weighted by Gasteiger charge is -2.56.